The molecule has 0 spiro atoms. The molecular weight excluding hydrogens is 829 g/mol. The molecule has 0 fully saturated rings. The summed E-state index contributed by atoms with van der Waals surface area (Å²) in [7, 11) is 0. The van der Waals surface area contributed by atoms with Crippen LogP contribution in [0.15, 0.2) is 0 Å². The van der Waals surface area contributed by atoms with E-state index in [1.54, 1.807) is 0 Å². The van der Waals surface area contributed by atoms with Crippen LogP contribution < -0.4 is 0 Å². The van der Waals surface area contributed by atoms with Crippen molar-refractivity contribution >= 4 is 17.9 Å². The van der Waals surface area contributed by atoms with Crippen molar-refractivity contribution < 1.29 is 28.6 Å². The largest absolute Gasteiger partial charge is 0.462 e. The van der Waals surface area contributed by atoms with E-state index in [2.05, 4.69) is 20.8 Å². The molecule has 0 saturated carbocycles. The molecule has 398 valence electrons. The fourth-order valence-corrected chi connectivity index (χ4v) is 9.51. The highest BCUT2D eigenvalue weighted by Gasteiger charge is 2.19. The van der Waals surface area contributed by atoms with Gasteiger partial charge in [0, 0.05) is 19.3 Å². The van der Waals surface area contributed by atoms with Crippen LogP contribution in [0.4, 0.5) is 0 Å². The molecule has 1 atom stereocenters. The predicted octanol–water partition coefficient (Wildman–Crippen LogP) is 20.3. The second-order valence-electron chi connectivity index (χ2n) is 21.0. The summed E-state index contributed by atoms with van der Waals surface area (Å²) in [6, 6.07) is 0. The van der Waals surface area contributed by atoms with Gasteiger partial charge in [0.1, 0.15) is 13.2 Å². The first-order valence-electron chi connectivity index (χ1n) is 30.5. The Bertz CT molecular complexity index is 998. The van der Waals surface area contributed by atoms with Gasteiger partial charge in [-0.25, -0.2) is 0 Å². The lowest BCUT2D eigenvalue weighted by Gasteiger charge is -2.18. The molecule has 0 heterocycles. The first kappa shape index (κ1) is 65.4. The van der Waals surface area contributed by atoms with Crippen LogP contribution in [0.2, 0.25) is 0 Å². The maximum absolute atomic E-state index is 12.8. The number of rotatable bonds is 57. The van der Waals surface area contributed by atoms with Gasteiger partial charge >= 0.3 is 17.9 Å². The van der Waals surface area contributed by atoms with E-state index in [-0.39, 0.29) is 31.1 Å². The molecule has 6 nitrogen and oxygen atoms in total. The number of unbranched alkanes of at least 4 members (excludes halogenated alkanes) is 46. The number of carbonyl (C=O) groups excluding carboxylic acids is 3. The number of carbonyl (C=O) groups is 3. The number of hydrogen-bond donors (Lipinski definition) is 0. The minimum atomic E-state index is -0.759. The van der Waals surface area contributed by atoms with Crippen LogP contribution in [0.3, 0.4) is 0 Å². The third kappa shape index (κ3) is 55.2. The van der Waals surface area contributed by atoms with Crippen LogP contribution in [0, 0.1) is 0 Å². The maximum atomic E-state index is 12.8. The summed E-state index contributed by atoms with van der Waals surface area (Å²) in [4.78, 5) is 37.8. The average Bonchev–Trinajstić information content (AvgIpc) is 3.33. The third-order valence-electron chi connectivity index (χ3n) is 14.1. The Hall–Kier alpha value is -1.59. The quantitative estimate of drug-likeness (QED) is 0.0343. The fraction of sp³-hybridized carbons (Fsp3) is 0.951. The van der Waals surface area contributed by atoms with Crippen molar-refractivity contribution in [2.75, 3.05) is 13.2 Å². The zero-order valence-electron chi connectivity index (χ0n) is 45.7. The minimum absolute atomic E-state index is 0.0626. The SMILES string of the molecule is CCCCCCCCCCCCCCCCCCCCCCCCCCCCCC(=O)OCC(COC(=O)CCCCCCC)OC(=O)CCCCCCCCCCCCCCCCCCC. The van der Waals surface area contributed by atoms with E-state index < -0.39 is 6.10 Å². The van der Waals surface area contributed by atoms with E-state index in [1.807, 2.05) is 0 Å². The minimum Gasteiger partial charge on any atom is -0.462 e. The maximum Gasteiger partial charge on any atom is 0.306 e. The van der Waals surface area contributed by atoms with Gasteiger partial charge in [-0.05, 0) is 19.3 Å². The van der Waals surface area contributed by atoms with Gasteiger partial charge in [-0.1, -0.05) is 316 Å². The predicted molar refractivity (Wildman–Crippen MR) is 289 cm³/mol. The first-order valence-corrected chi connectivity index (χ1v) is 30.5. The summed E-state index contributed by atoms with van der Waals surface area (Å²) in [5, 5.41) is 0. The highest BCUT2D eigenvalue weighted by Crippen LogP contribution is 2.18. The van der Waals surface area contributed by atoms with E-state index in [0.29, 0.717) is 19.3 Å². The van der Waals surface area contributed by atoms with E-state index in [1.165, 1.54) is 250 Å². The first-order chi connectivity index (χ1) is 33.0. The summed E-state index contributed by atoms with van der Waals surface area (Å²) in [5.74, 6) is -0.850. The molecule has 0 aliphatic heterocycles. The van der Waals surface area contributed by atoms with Gasteiger partial charge in [0.25, 0.3) is 0 Å². The molecule has 0 aromatic rings. The molecule has 0 aliphatic carbocycles. The van der Waals surface area contributed by atoms with Crippen molar-refractivity contribution in [2.45, 2.75) is 361 Å². The van der Waals surface area contributed by atoms with Gasteiger partial charge in [-0.3, -0.25) is 14.4 Å². The zero-order valence-corrected chi connectivity index (χ0v) is 45.7. The second kappa shape index (κ2) is 57.0. The van der Waals surface area contributed by atoms with Crippen LogP contribution >= 0.6 is 0 Å². The molecule has 0 aliphatic rings. The Kier molecular flexibility index (Phi) is 55.6. The lowest BCUT2D eigenvalue weighted by Crippen LogP contribution is -2.30. The standard InChI is InChI=1S/C61H118O6/c1-4-7-10-13-15-17-19-21-23-25-26-27-28-29-30-31-32-33-34-36-37-39-41-43-45-48-51-54-60(63)66-57-58(56-65-59(62)53-50-47-12-9-6-3)67-61(64)55-52-49-46-44-42-40-38-35-24-22-20-18-16-14-11-8-5-2/h58H,4-57H2,1-3H3. The second-order valence-corrected chi connectivity index (χ2v) is 21.0. The Balaban J connectivity index is 3.94. The van der Waals surface area contributed by atoms with Crippen LogP contribution in [-0.2, 0) is 28.6 Å². The van der Waals surface area contributed by atoms with E-state index >= 15 is 0 Å². The lowest BCUT2D eigenvalue weighted by molar-refractivity contribution is -0.167. The van der Waals surface area contributed by atoms with Crippen LogP contribution in [0.5, 0.6) is 0 Å². The van der Waals surface area contributed by atoms with Crippen molar-refractivity contribution in [3.63, 3.8) is 0 Å². The highest BCUT2D eigenvalue weighted by molar-refractivity contribution is 5.71. The van der Waals surface area contributed by atoms with Crippen molar-refractivity contribution in [3.05, 3.63) is 0 Å². The van der Waals surface area contributed by atoms with Gasteiger partial charge < -0.3 is 14.2 Å². The molecule has 0 radical (unpaired) electrons. The molecule has 0 amide bonds. The molecule has 0 N–H and O–H groups in total. The van der Waals surface area contributed by atoms with Crippen LogP contribution in [-0.4, -0.2) is 37.2 Å². The lowest BCUT2D eigenvalue weighted by atomic mass is 10.0. The van der Waals surface area contributed by atoms with Crippen molar-refractivity contribution in [1.82, 2.24) is 0 Å². The molecule has 1 unspecified atom stereocenters. The Labute approximate surface area is 418 Å². The molecule has 0 saturated heterocycles. The number of esters is 3. The van der Waals surface area contributed by atoms with Gasteiger partial charge in [0.15, 0.2) is 6.10 Å². The molecule has 0 aromatic carbocycles. The average molecular weight is 948 g/mol. The summed E-state index contributed by atoms with van der Waals surface area (Å²) < 4.78 is 16.8. The van der Waals surface area contributed by atoms with Gasteiger partial charge in [-0.15, -0.1) is 0 Å². The van der Waals surface area contributed by atoms with Crippen molar-refractivity contribution in [1.29, 1.82) is 0 Å². The molecule has 6 heteroatoms. The normalized spacial score (nSPS) is 11.9. The summed E-state index contributed by atoms with van der Waals surface area (Å²) >= 11 is 0. The molecule has 0 rings (SSSR count). The molecular formula is C61H118O6. The van der Waals surface area contributed by atoms with Crippen LogP contribution in [0.25, 0.3) is 0 Å². The Morgan fingerprint density at radius 2 is 0.403 bits per heavy atom. The molecule has 0 bridgehead atoms. The van der Waals surface area contributed by atoms with Gasteiger partial charge in [0.2, 0.25) is 0 Å². The van der Waals surface area contributed by atoms with Gasteiger partial charge in [-0.2, -0.15) is 0 Å². The highest BCUT2D eigenvalue weighted by atomic mass is 16.6. The monoisotopic (exact) mass is 947 g/mol. The zero-order chi connectivity index (χ0) is 48.6. The van der Waals surface area contributed by atoms with E-state index in [4.69, 9.17) is 14.2 Å². The van der Waals surface area contributed by atoms with Gasteiger partial charge in [0.05, 0.1) is 0 Å². The fourth-order valence-electron chi connectivity index (χ4n) is 9.51. The summed E-state index contributed by atoms with van der Waals surface area (Å²) in [6.07, 6.45) is 64.5. The number of ether oxygens (including phenoxy) is 3. The Morgan fingerprint density at radius 3 is 0.597 bits per heavy atom. The topological polar surface area (TPSA) is 78.9 Å². The van der Waals surface area contributed by atoms with Crippen molar-refractivity contribution in [2.24, 2.45) is 0 Å². The molecule has 0 aromatic heterocycles. The number of hydrogen-bond acceptors (Lipinski definition) is 6. The molecule has 67 heavy (non-hydrogen) atoms. The van der Waals surface area contributed by atoms with Crippen LogP contribution in [0.1, 0.15) is 355 Å². The summed E-state index contributed by atoms with van der Waals surface area (Å²) in [6.45, 7) is 6.63. The van der Waals surface area contributed by atoms with Crippen molar-refractivity contribution in [3.8, 4) is 0 Å². The van der Waals surface area contributed by atoms with E-state index in [0.717, 1.165) is 64.2 Å². The third-order valence-corrected chi connectivity index (χ3v) is 14.1. The smallest absolute Gasteiger partial charge is 0.306 e. The van der Waals surface area contributed by atoms with E-state index in [9.17, 15) is 14.4 Å². The Morgan fingerprint density at radius 1 is 0.239 bits per heavy atom. The summed E-state index contributed by atoms with van der Waals surface area (Å²) in [5.41, 5.74) is 0.